The molecule has 0 saturated heterocycles. The van der Waals surface area contributed by atoms with Gasteiger partial charge in [0, 0.05) is 6.07 Å². The summed E-state index contributed by atoms with van der Waals surface area (Å²) in [5, 5.41) is 27.0. The van der Waals surface area contributed by atoms with Gasteiger partial charge in [0.1, 0.15) is 6.07 Å². The summed E-state index contributed by atoms with van der Waals surface area (Å²) in [5.74, 6) is -0.737. The van der Waals surface area contributed by atoms with Crippen molar-refractivity contribution in [2.24, 2.45) is 0 Å². The molecule has 0 spiro atoms. The standard InChI is InChI=1S/C12H5N3O3/c13-4-6-1-7(5-14)11-8(2-6)15-12(18)10(17)3-9(11)16/h1-3,17H,(H,15,18). The molecule has 6 nitrogen and oxygen atoms in total. The maximum atomic E-state index is 11.8. The summed E-state index contributed by atoms with van der Waals surface area (Å²) >= 11 is 0. The van der Waals surface area contributed by atoms with Gasteiger partial charge >= 0.3 is 0 Å². The maximum Gasteiger partial charge on any atom is 0.290 e. The van der Waals surface area contributed by atoms with Gasteiger partial charge in [0.05, 0.1) is 28.1 Å². The van der Waals surface area contributed by atoms with E-state index in [1.165, 1.54) is 12.1 Å². The third-order valence-corrected chi connectivity index (χ3v) is 2.38. The molecule has 0 fully saturated rings. The minimum Gasteiger partial charge on any atom is -0.503 e. The second kappa shape index (κ2) is 4.04. The van der Waals surface area contributed by atoms with Crippen molar-refractivity contribution in [1.82, 2.24) is 4.98 Å². The Hall–Kier alpha value is -3.12. The third-order valence-electron chi connectivity index (χ3n) is 2.38. The minimum absolute atomic E-state index is 0.0275. The Bertz CT molecular complexity index is 854. The fraction of sp³-hybridized carbons (Fsp3) is 0. The van der Waals surface area contributed by atoms with E-state index >= 15 is 0 Å². The molecule has 2 N–H and O–H groups in total. The van der Waals surface area contributed by atoms with E-state index in [4.69, 9.17) is 10.5 Å². The van der Waals surface area contributed by atoms with Crippen molar-refractivity contribution in [2.75, 3.05) is 0 Å². The van der Waals surface area contributed by atoms with Gasteiger partial charge < -0.3 is 10.1 Å². The lowest BCUT2D eigenvalue weighted by Crippen LogP contribution is -2.00. The largest absolute Gasteiger partial charge is 0.503 e. The quantitative estimate of drug-likeness (QED) is 0.687. The van der Waals surface area contributed by atoms with Crippen LogP contribution in [-0.2, 0) is 0 Å². The normalized spacial score (nSPS) is 9.67. The number of benzene rings is 1. The third kappa shape index (κ3) is 1.68. The van der Waals surface area contributed by atoms with Crippen LogP contribution in [0, 0.1) is 22.7 Å². The number of aromatic amines is 1. The molecule has 6 heteroatoms. The number of nitriles is 2. The van der Waals surface area contributed by atoms with E-state index in [-0.39, 0.29) is 22.0 Å². The Balaban J connectivity index is 3.19. The lowest BCUT2D eigenvalue weighted by molar-refractivity contribution is 0.468. The number of rotatable bonds is 0. The smallest absolute Gasteiger partial charge is 0.290 e. The molecule has 0 unspecified atom stereocenters. The van der Waals surface area contributed by atoms with Crippen LogP contribution in [0.25, 0.3) is 10.9 Å². The Morgan fingerprint density at radius 3 is 2.44 bits per heavy atom. The molecule has 0 aliphatic carbocycles. The zero-order valence-corrected chi connectivity index (χ0v) is 8.89. The summed E-state index contributed by atoms with van der Waals surface area (Å²) in [6.45, 7) is 0. The highest BCUT2D eigenvalue weighted by Crippen LogP contribution is 2.14. The summed E-state index contributed by atoms with van der Waals surface area (Å²) in [4.78, 5) is 25.4. The number of hydrogen-bond donors (Lipinski definition) is 2. The van der Waals surface area contributed by atoms with Gasteiger partial charge in [-0.15, -0.1) is 0 Å². The van der Waals surface area contributed by atoms with E-state index in [1.807, 2.05) is 6.07 Å². The van der Waals surface area contributed by atoms with Crippen molar-refractivity contribution in [2.45, 2.75) is 0 Å². The van der Waals surface area contributed by atoms with E-state index in [1.54, 1.807) is 6.07 Å². The first-order chi connectivity index (χ1) is 8.56. The van der Waals surface area contributed by atoms with E-state index < -0.39 is 16.7 Å². The van der Waals surface area contributed by atoms with Crippen LogP contribution in [0.4, 0.5) is 0 Å². The molecule has 0 aliphatic rings. The zero-order valence-electron chi connectivity index (χ0n) is 8.89. The molecule has 0 atom stereocenters. The number of aromatic hydroxyl groups is 1. The van der Waals surface area contributed by atoms with Crippen LogP contribution in [0.1, 0.15) is 11.1 Å². The van der Waals surface area contributed by atoms with Crippen LogP contribution in [0.2, 0.25) is 0 Å². The van der Waals surface area contributed by atoms with Gasteiger partial charge in [0.15, 0.2) is 11.2 Å². The van der Waals surface area contributed by atoms with Crippen LogP contribution >= 0.6 is 0 Å². The summed E-state index contributed by atoms with van der Waals surface area (Å²) in [6.07, 6.45) is 0. The van der Waals surface area contributed by atoms with Gasteiger partial charge in [-0.05, 0) is 12.1 Å². The van der Waals surface area contributed by atoms with Gasteiger partial charge in [-0.2, -0.15) is 10.5 Å². The van der Waals surface area contributed by atoms with Crippen LogP contribution < -0.4 is 11.0 Å². The number of H-pyrrole nitrogens is 1. The fourth-order valence-corrected chi connectivity index (χ4v) is 1.61. The van der Waals surface area contributed by atoms with Crippen molar-refractivity contribution in [1.29, 1.82) is 10.5 Å². The first-order valence-corrected chi connectivity index (χ1v) is 4.81. The summed E-state index contributed by atoms with van der Waals surface area (Å²) in [7, 11) is 0. The van der Waals surface area contributed by atoms with Crippen LogP contribution in [0.3, 0.4) is 0 Å². The van der Waals surface area contributed by atoms with Gasteiger partial charge in [-0.1, -0.05) is 0 Å². The SMILES string of the molecule is N#Cc1cc(C#N)c2c(=O)cc(O)c(=O)[nH]c2c1. The number of aromatic nitrogens is 1. The van der Waals surface area contributed by atoms with E-state index in [0.29, 0.717) is 0 Å². The van der Waals surface area contributed by atoms with Crippen LogP contribution in [0.5, 0.6) is 5.75 Å². The van der Waals surface area contributed by atoms with Gasteiger partial charge in [-0.25, -0.2) is 0 Å². The van der Waals surface area contributed by atoms with E-state index in [2.05, 4.69) is 4.98 Å². The topological polar surface area (TPSA) is 118 Å². The molecule has 1 aromatic carbocycles. The first-order valence-electron chi connectivity index (χ1n) is 4.81. The predicted molar refractivity (Wildman–Crippen MR) is 61.9 cm³/mol. The summed E-state index contributed by atoms with van der Waals surface area (Å²) in [6, 6.07) is 6.87. The Morgan fingerprint density at radius 2 is 1.83 bits per heavy atom. The monoisotopic (exact) mass is 239 g/mol. The molecule has 0 saturated carbocycles. The van der Waals surface area contributed by atoms with Gasteiger partial charge in [0.2, 0.25) is 0 Å². The number of nitrogens with one attached hydrogen (secondary N) is 1. The first kappa shape index (κ1) is 11.4. The molecule has 0 radical (unpaired) electrons. The van der Waals surface area contributed by atoms with Crippen molar-refractivity contribution < 1.29 is 5.11 Å². The molecule has 86 valence electrons. The second-order valence-corrected chi connectivity index (χ2v) is 3.52. The van der Waals surface area contributed by atoms with Gasteiger partial charge in [-0.3, -0.25) is 9.59 Å². The predicted octanol–water partition coefficient (Wildman–Crippen LogP) is 0.337. The summed E-state index contributed by atoms with van der Waals surface area (Å²) in [5.41, 5.74) is -1.37. The van der Waals surface area contributed by atoms with E-state index in [0.717, 1.165) is 6.07 Å². The molecular weight excluding hydrogens is 234 g/mol. The lowest BCUT2D eigenvalue weighted by Gasteiger charge is -1.95. The second-order valence-electron chi connectivity index (χ2n) is 3.52. The molecule has 1 heterocycles. The summed E-state index contributed by atoms with van der Waals surface area (Å²) < 4.78 is 0. The van der Waals surface area contributed by atoms with Gasteiger partial charge in [0.25, 0.3) is 5.56 Å². The fourth-order valence-electron chi connectivity index (χ4n) is 1.61. The number of nitrogens with zero attached hydrogens (tertiary/aromatic N) is 2. The van der Waals surface area contributed by atoms with Crippen molar-refractivity contribution in [3.05, 3.63) is 49.9 Å². The Labute approximate surface area is 100.0 Å². The number of hydrogen-bond acceptors (Lipinski definition) is 5. The molecule has 0 bridgehead atoms. The highest BCUT2D eigenvalue weighted by molar-refractivity contribution is 5.85. The van der Waals surface area contributed by atoms with Crippen molar-refractivity contribution in [3.63, 3.8) is 0 Å². The lowest BCUT2D eigenvalue weighted by atomic mass is 10.1. The minimum atomic E-state index is -0.860. The maximum absolute atomic E-state index is 11.8. The van der Waals surface area contributed by atoms with Crippen molar-refractivity contribution >= 4 is 10.9 Å². The molecule has 0 aliphatic heterocycles. The number of fused-ring (bicyclic) bond motifs is 1. The molecular formula is C12H5N3O3. The molecule has 0 amide bonds. The Morgan fingerprint density at radius 1 is 1.11 bits per heavy atom. The molecule has 18 heavy (non-hydrogen) atoms. The highest BCUT2D eigenvalue weighted by atomic mass is 16.3. The average Bonchev–Trinajstić information content (AvgIpc) is 2.46. The van der Waals surface area contributed by atoms with Crippen LogP contribution in [-0.4, -0.2) is 10.1 Å². The zero-order chi connectivity index (χ0) is 13.3. The highest BCUT2D eigenvalue weighted by Gasteiger charge is 2.09. The Kier molecular flexibility index (Phi) is 2.55. The van der Waals surface area contributed by atoms with Crippen LogP contribution in [0.15, 0.2) is 27.8 Å². The average molecular weight is 239 g/mol. The molecule has 1 aromatic heterocycles. The van der Waals surface area contributed by atoms with Crippen molar-refractivity contribution in [3.8, 4) is 17.9 Å². The molecule has 2 aromatic rings. The van der Waals surface area contributed by atoms with E-state index in [9.17, 15) is 14.7 Å². The molecule has 2 rings (SSSR count).